The van der Waals surface area contributed by atoms with E-state index in [0.717, 1.165) is 16.9 Å². The number of benzene rings is 1. The van der Waals surface area contributed by atoms with Crippen LogP contribution in [0.25, 0.3) is 0 Å². The van der Waals surface area contributed by atoms with Crippen molar-refractivity contribution in [2.24, 2.45) is 0 Å². The highest BCUT2D eigenvalue weighted by Gasteiger charge is 2.16. The summed E-state index contributed by atoms with van der Waals surface area (Å²) in [6.07, 6.45) is 0.520. The van der Waals surface area contributed by atoms with E-state index in [1.165, 1.54) is 6.07 Å². The first-order chi connectivity index (χ1) is 10.4. The van der Waals surface area contributed by atoms with E-state index in [9.17, 15) is 8.42 Å². The molecule has 0 aliphatic carbocycles. The maximum absolute atomic E-state index is 12.1. The lowest BCUT2D eigenvalue weighted by atomic mass is 10.1. The molecule has 1 aromatic carbocycles. The fourth-order valence-corrected chi connectivity index (χ4v) is 4.41. The summed E-state index contributed by atoms with van der Waals surface area (Å²) in [5, 5.41) is 0. The van der Waals surface area contributed by atoms with E-state index >= 15 is 0 Å². The fourth-order valence-electron chi connectivity index (χ4n) is 1.85. The van der Waals surface area contributed by atoms with E-state index < -0.39 is 10.0 Å². The van der Waals surface area contributed by atoms with Crippen molar-refractivity contribution in [2.75, 3.05) is 20.8 Å². The first-order valence-corrected chi connectivity index (χ1v) is 9.09. The lowest BCUT2D eigenvalue weighted by molar-refractivity contribution is 0.393. The molecule has 0 unspecified atom stereocenters. The Kier molecular flexibility index (Phi) is 5.69. The zero-order valence-electron chi connectivity index (χ0n) is 12.1. The second kappa shape index (κ2) is 7.32. The first-order valence-electron chi connectivity index (χ1n) is 6.41. The number of rotatable bonds is 7. The number of hydrogen-bond acceptors (Lipinski definition) is 5. The number of hydrogen-bond donors (Lipinski definition) is 1. The van der Waals surface area contributed by atoms with Gasteiger partial charge in [0, 0.05) is 12.6 Å². The van der Waals surface area contributed by atoms with Crippen molar-refractivity contribution >= 4 is 33.0 Å². The molecule has 0 aliphatic rings. The highest BCUT2D eigenvalue weighted by Crippen LogP contribution is 2.25. The standard InChI is InChI=1S/C14H16ClNO4S2/c1-19-11-7-10(8-12(9-11)20-2)5-6-16-22(17,18)14-4-3-13(15)21-14/h3-4,7-9,16H,5-6H2,1-2H3. The van der Waals surface area contributed by atoms with Crippen LogP contribution in [0.3, 0.4) is 0 Å². The molecule has 8 heteroatoms. The molecule has 0 saturated carbocycles. The van der Waals surface area contributed by atoms with Gasteiger partial charge in [0.2, 0.25) is 10.0 Å². The monoisotopic (exact) mass is 361 g/mol. The van der Waals surface area contributed by atoms with Crippen molar-refractivity contribution in [1.29, 1.82) is 0 Å². The summed E-state index contributed by atoms with van der Waals surface area (Å²) >= 11 is 6.79. The van der Waals surface area contributed by atoms with Crippen LogP contribution >= 0.6 is 22.9 Å². The Labute approximate surface area is 138 Å². The van der Waals surface area contributed by atoms with Gasteiger partial charge in [0.05, 0.1) is 18.6 Å². The van der Waals surface area contributed by atoms with Gasteiger partial charge in [-0.25, -0.2) is 13.1 Å². The van der Waals surface area contributed by atoms with Crippen molar-refractivity contribution in [3.8, 4) is 11.5 Å². The van der Waals surface area contributed by atoms with Crippen LogP contribution in [0.5, 0.6) is 11.5 Å². The predicted octanol–water partition coefficient (Wildman–Crippen LogP) is 2.94. The third kappa shape index (κ3) is 4.36. The summed E-state index contributed by atoms with van der Waals surface area (Å²) in [5.41, 5.74) is 0.920. The van der Waals surface area contributed by atoms with E-state index in [0.29, 0.717) is 22.3 Å². The molecule has 22 heavy (non-hydrogen) atoms. The Balaban J connectivity index is 2.01. The molecule has 1 aromatic heterocycles. The largest absolute Gasteiger partial charge is 0.497 e. The maximum Gasteiger partial charge on any atom is 0.250 e. The third-order valence-corrected chi connectivity index (χ3v) is 6.11. The summed E-state index contributed by atoms with van der Waals surface area (Å²) in [6, 6.07) is 8.51. The van der Waals surface area contributed by atoms with Gasteiger partial charge in [-0.1, -0.05) is 11.6 Å². The summed E-state index contributed by atoms with van der Waals surface area (Å²) in [6.45, 7) is 0.272. The van der Waals surface area contributed by atoms with Gasteiger partial charge in [0.15, 0.2) is 0 Å². The number of halogens is 1. The van der Waals surface area contributed by atoms with Gasteiger partial charge < -0.3 is 9.47 Å². The van der Waals surface area contributed by atoms with Gasteiger partial charge in [0.1, 0.15) is 15.7 Å². The van der Waals surface area contributed by atoms with Crippen molar-refractivity contribution in [3.63, 3.8) is 0 Å². The van der Waals surface area contributed by atoms with E-state index in [4.69, 9.17) is 21.1 Å². The van der Waals surface area contributed by atoms with E-state index in [1.54, 1.807) is 26.4 Å². The van der Waals surface area contributed by atoms with E-state index in [2.05, 4.69) is 4.72 Å². The second-order valence-electron chi connectivity index (χ2n) is 4.43. The van der Waals surface area contributed by atoms with Gasteiger partial charge in [-0.05, 0) is 36.2 Å². The third-order valence-electron chi connectivity index (χ3n) is 2.93. The van der Waals surface area contributed by atoms with E-state index in [1.807, 2.05) is 12.1 Å². The molecule has 2 rings (SSSR count). The molecule has 0 bridgehead atoms. The minimum atomic E-state index is -3.52. The highest BCUT2D eigenvalue weighted by atomic mass is 35.5. The smallest absolute Gasteiger partial charge is 0.250 e. The van der Waals surface area contributed by atoms with Crippen LogP contribution in [0.2, 0.25) is 4.34 Å². The normalized spacial score (nSPS) is 11.4. The van der Waals surface area contributed by atoms with Crippen molar-refractivity contribution < 1.29 is 17.9 Å². The molecular formula is C14H16ClNO4S2. The van der Waals surface area contributed by atoms with Crippen LogP contribution in [0, 0.1) is 0 Å². The molecule has 0 radical (unpaired) electrons. The highest BCUT2D eigenvalue weighted by molar-refractivity contribution is 7.91. The van der Waals surface area contributed by atoms with Crippen LogP contribution in [-0.2, 0) is 16.4 Å². The zero-order valence-corrected chi connectivity index (χ0v) is 14.5. The lowest BCUT2D eigenvalue weighted by Gasteiger charge is -2.09. The fraction of sp³-hybridized carbons (Fsp3) is 0.286. The molecule has 120 valence electrons. The molecule has 0 fully saturated rings. The van der Waals surface area contributed by atoms with Gasteiger partial charge in [-0.2, -0.15) is 0 Å². The van der Waals surface area contributed by atoms with Crippen molar-refractivity contribution in [2.45, 2.75) is 10.6 Å². The number of ether oxygens (including phenoxy) is 2. The quantitative estimate of drug-likeness (QED) is 0.823. The van der Waals surface area contributed by atoms with Crippen LogP contribution < -0.4 is 14.2 Å². The molecule has 0 atom stereocenters. The van der Waals surface area contributed by atoms with Crippen LogP contribution in [0.15, 0.2) is 34.5 Å². The summed E-state index contributed by atoms with van der Waals surface area (Å²) in [4.78, 5) is 0. The Hall–Kier alpha value is -1.28. The molecule has 0 aliphatic heterocycles. The average molecular weight is 362 g/mol. The van der Waals surface area contributed by atoms with Gasteiger partial charge in [-0.3, -0.25) is 0 Å². The van der Waals surface area contributed by atoms with Gasteiger partial charge in [-0.15, -0.1) is 11.3 Å². The molecule has 0 spiro atoms. The minimum Gasteiger partial charge on any atom is -0.497 e. The molecule has 0 amide bonds. The van der Waals surface area contributed by atoms with Crippen LogP contribution in [0.4, 0.5) is 0 Å². The zero-order chi connectivity index (χ0) is 16.2. The first kappa shape index (κ1) is 17.1. The Morgan fingerprint density at radius 1 is 1.14 bits per heavy atom. The maximum atomic E-state index is 12.1. The second-order valence-corrected chi connectivity index (χ2v) is 8.14. The Morgan fingerprint density at radius 3 is 2.27 bits per heavy atom. The minimum absolute atomic E-state index is 0.209. The topological polar surface area (TPSA) is 64.6 Å². The van der Waals surface area contributed by atoms with E-state index in [-0.39, 0.29) is 10.8 Å². The summed E-state index contributed by atoms with van der Waals surface area (Å²) in [5.74, 6) is 1.34. The number of thiophene rings is 1. The average Bonchev–Trinajstić information content (AvgIpc) is 2.94. The molecular weight excluding hydrogens is 346 g/mol. The summed E-state index contributed by atoms with van der Waals surface area (Å²) in [7, 11) is -0.377. The Bertz CT molecular complexity index is 721. The predicted molar refractivity (Wildman–Crippen MR) is 87.8 cm³/mol. The molecule has 2 aromatic rings. The molecule has 0 saturated heterocycles. The summed E-state index contributed by atoms with van der Waals surface area (Å²) < 4.78 is 37.7. The van der Waals surface area contributed by atoms with Gasteiger partial charge >= 0.3 is 0 Å². The SMILES string of the molecule is COc1cc(CCNS(=O)(=O)c2ccc(Cl)s2)cc(OC)c1. The molecule has 5 nitrogen and oxygen atoms in total. The van der Waals surface area contributed by atoms with Crippen molar-refractivity contribution in [3.05, 3.63) is 40.2 Å². The molecule has 1 N–H and O–H groups in total. The van der Waals surface area contributed by atoms with Crippen LogP contribution in [-0.4, -0.2) is 29.2 Å². The molecule has 1 heterocycles. The van der Waals surface area contributed by atoms with Gasteiger partial charge in [0.25, 0.3) is 0 Å². The number of sulfonamides is 1. The Morgan fingerprint density at radius 2 is 1.77 bits per heavy atom. The van der Waals surface area contributed by atoms with Crippen molar-refractivity contribution in [1.82, 2.24) is 4.72 Å². The number of nitrogens with one attached hydrogen (secondary N) is 1. The number of methoxy groups -OCH3 is 2. The lowest BCUT2D eigenvalue weighted by Crippen LogP contribution is -2.25. The van der Waals surface area contributed by atoms with Crippen LogP contribution in [0.1, 0.15) is 5.56 Å².